The molecule has 0 N–H and O–H groups in total. The first-order valence-corrected chi connectivity index (χ1v) is 7.85. The molecule has 3 aromatic heterocycles. The van der Waals surface area contributed by atoms with Crippen LogP contribution in [-0.4, -0.2) is 4.40 Å². The number of nitrogens with zero attached hydrogens (tertiary/aromatic N) is 2. The summed E-state index contributed by atoms with van der Waals surface area (Å²) in [5.41, 5.74) is 2.54. The topological polar surface area (TPSA) is 8.29 Å². The number of rotatable bonds is 0. The van der Waals surface area contributed by atoms with Gasteiger partial charge in [-0.25, -0.2) is 4.57 Å². The third-order valence-corrected chi connectivity index (χ3v) is 5.43. The number of hydrogen-bond acceptors (Lipinski definition) is 1. The normalized spacial score (nSPS) is 12.0. The second kappa shape index (κ2) is 3.83. The number of imidazole rings is 1. The van der Waals surface area contributed by atoms with Gasteiger partial charge in [-0.2, -0.15) is 4.40 Å². The largest absolute Gasteiger partial charge is 0.295 e. The number of pyridine rings is 1. The Morgan fingerprint density at radius 3 is 2.62 bits per heavy atom. The van der Waals surface area contributed by atoms with Gasteiger partial charge in [-0.1, -0.05) is 30.3 Å². The third kappa shape index (κ3) is 1.34. The summed E-state index contributed by atoms with van der Waals surface area (Å²) in [6.45, 7) is 0. The van der Waals surface area contributed by atoms with Crippen LogP contribution in [0.15, 0.2) is 60.9 Å². The Bertz CT molecular complexity index is 1150. The molecular weight excluding hydrogens is 276 g/mol. The number of aryl methyl sites for hydroxylation is 1. The van der Waals surface area contributed by atoms with E-state index in [-0.39, 0.29) is 0 Å². The molecule has 0 bridgehead atoms. The Labute approximate surface area is 125 Å². The van der Waals surface area contributed by atoms with Crippen LogP contribution in [0.1, 0.15) is 0 Å². The molecule has 100 valence electrons. The predicted molar refractivity (Wildman–Crippen MR) is 89.0 cm³/mol. The van der Waals surface area contributed by atoms with E-state index in [0.29, 0.717) is 0 Å². The number of hydrogen-bond donors (Lipinski definition) is 0. The highest BCUT2D eigenvalue weighted by molar-refractivity contribution is 7.26. The minimum atomic E-state index is 1.26. The molecule has 3 heteroatoms. The Balaban J connectivity index is 2.27. The van der Waals surface area contributed by atoms with Crippen molar-refractivity contribution in [2.45, 2.75) is 0 Å². The maximum absolute atomic E-state index is 2.30. The lowest BCUT2D eigenvalue weighted by molar-refractivity contribution is -0.643. The highest BCUT2D eigenvalue weighted by atomic mass is 32.1. The minimum Gasteiger partial charge on any atom is -0.232 e. The molecule has 3 heterocycles. The number of aromatic nitrogens is 2. The summed E-state index contributed by atoms with van der Waals surface area (Å²) in [5, 5.41) is 4.04. The lowest BCUT2D eigenvalue weighted by atomic mass is 10.1. The quantitative estimate of drug-likeness (QED) is 0.376. The molecule has 0 aliphatic rings. The molecule has 21 heavy (non-hydrogen) atoms. The van der Waals surface area contributed by atoms with Gasteiger partial charge in [-0.3, -0.25) is 0 Å². The molecule has 0 amide bonds. The van der Waals surface area contributed by atoms with Crippen molar-refractivity contribution in [3.05, 3.63) is 60.9 Å². The summed E-state index contributed by atoms with van der Waals surface area (Å²) < 4.78 is 7.26. The van der Waals surface area contributed by atoms with Crippen molar-refractivity contribution < 1.29 is 4.57 Å². The van der Waals surface area contributed by atoms with Gasteiger partial charge in [0.25, 0.3) is 5.65 Å². The molecular formula is C18H13N2S+. The molecule has 0 saturated carbocycles. The van der Waals surface area contributed by atoms with Crippen molar-refractivity contribution in [2.24, 2.45) is 7.05 Å². The van der Waals surface area contributed by atoms with Crippen LogP contribution < -0.4 is 4.57 Å². The van der Waals surface area contributed by atoms with Crippen LogP contribution in [0.2, 0.25) is 0 Å². The summed E-state index contributed by atoms with van der Waals surface area (Å²) >= 11 is 1.89. The van der Waals surface area contributed by atoms with Gasteiger partial charge in [-0.05, 0) is 18.2 Å². The molecule has 5 aromatic rings. The smallest absolute Gasteiger partial charge is 0.232 e. The lowest BCUT2D eigenvalue weighted by Gasteiger charge is -2.00. The van der Waals surface area contributed by atoms with Gasteiger partial charge in [0.2, 0.25) is 0 Å². The van der Waals surface area contributed by atoms with E-state index in [2.05, 4.69) is 76.9 Å². The molecule has 5 rings (SSSR count). The zero-order valence-electron chi connectivity index (χ0n) is 11.6. The van der Waals surface area contributed by atoms with Gasteiger partial charge in [0, 0.05) is 15.5 Å². The highest BCUT2D eigenvalue weighted by Gasteiger charge is 2.20. The second-order valence-corrected chi connectivity index (χ2v) is 6.47. The maximum atomic E-state index is 2.30. The average Bonchev–Trinajstić information content (AvgIpc) is 3.08. The van der Waals surface area contributed by atoms with Gasteiger partial charge < -0.3 is 0 Å². The lowest BCUT2D eigenvalue weighted by Crippen LogP contribution is -2.25. The summed E-state index contributed by atoms with van der Waals surface area (Å²) in [4.78, 5) is 0. The van der Waals surface area contributed by atoms with Gasteiger partial charge >= 0.3 is 0 Å². The van der Waals surface area contributed by atoms with Crippen molar-refractivity contribution in [1.29, 1.82) is 0 Å². The van der Waals surface area contributed by atoms with Crippen molar-refractivity contribution in [3.63, 3.8) is 0 Å². The monoisotopic (exact) mass is 289 g/mol. The van der Waals surface area contributed by atoms with Crippen LogP contribution in [0.3, 0.4) is 0 Å². The fraction of sp³-hybridized carbons (Fsp3) is 0.0556. The van der Waals surface area contributed by atoms with E-state index in [1.54, 1.807) is 0 Å². The van der Waals surface area contributed by atoms with Crippen molar-refractivity contribution in [2.75, 3.05) is 0 Å². The molecule has 0 saturated heterocycles. The SMILES string of the molecule is C[n+]1ccn2c3ccccc3c3sc4ccccc4c3c21. The molecule has 0 unspecified atom stereocenters. The van der Waals surface area contributed by atoms with Crippen LogP contribution >= 0.6 is 11.3 Å². The van der Waals surface area contributed by atoms with E-state index in [9.17, 15) is 0 Å². The standard InChI is InChI=1S/C18H13N2S/c1-19-10-11-20-14-8-4-2-6-12(14)17-16(18(19)20)13-7-3-5-9-15(13)21-17/h2-11H,1H3/q+1. The average molecular weight is 289 g/mol. The third-order valence-electron chi connectivity index (χ3n) is 4.23. The molecule has 2 aromatic carbocycles. The predicted octanol–water partition coefficient (Wildman–Crippen LogP) is 4.28. The Kier molecular flexibility index (Phi) is 2.06. The second-order valence-electron chi connectivity index (χ2n) is 5.42. The molecule has 0 aliphatic carbocycles. The van der Waals surface area contributed by atoms with Crippen LogP contribution in [-0.2, 0) is 7.05 Å². The van der Waals surface area contributed by atoms with E-state index in [4.69, 9.17) is 0 Å². The van der Waals surface area contributed by atoms with E-state index >= 15 is 0 Å². The number of benzene rings is 2. The van der Waals surface area contributed by atoms with Crippen LogP contribution in [0.5, 0.6) is 0 Å². The first kappa shape index (κ1) is 11.3. The van der Waals surface area contributed by atoms with E-state index in [1.807, 2.05) is 11.3 Å². The number of thiophene rings is 1. The molecule has 0 radical (unpaired) electrons. The fourth-order valence-corrected chi connectivity index (χ4v) is 4.53. The maximum Gasteiger partial charge on any atom is 0.295 e. The van der Waals surface area contributed by atoms with E-state index in [1.165, 1.54) is 36.7 Å². The summed E-state index contributed by atoms with van der Waals surface area (Å²) in [5.74, 6) is 0. The summed E-state index contributed by atoms with van der Waals surface area (Å²) in [7, 11) is 2.12. The highest BCUT2D eigenvalue weighted by Crippen LogP contribution is 2.39. The van der Waals surface area contributed by atoms with Gasteiger partial charge in [-0.15, -0.1) is 11.3 Å². The number of para-hydroxylation sites is 1. The van der Waals surface area contributed by atoms with Crippen LogP contribution in [0, 0.1) is 0 Å². The van der Waals surface area contributed by atoms with E-state index in [0.717, 1.165) is 0 Å². The van der Waals surface area contributed by atoms with Crippen LogP contribution in [0.25, 0.3) is 36.7 Å². The molecule has 0 atom stereocenters. The van der Waals surface area contributed by atoms with Crippen LogP contribution in [0.4, 0.5) is 0 Å². The number of fused-ring (bicyclic) bond motifs is 8. The van der Waals surface area contributed by atoms with Crippen molar-refractivity contribution in [3.8, 4) is 0 Å². The molecule has 2 nitrogen and oxygen atoms in total. The molecule has 0 aliphatic heterocycles. The van der Waals surface area contributed by atoms with Crippen molar-refractivity contribution >= 4 is 48.1 Å². The molecule has 0 spiro atoms. The van der Waals surface area contributed by atoms with Gasteiger partial charge in [0.1, 0.15) is 17.9 Å². The minimum absolute atomic E-state index is 1.26. The van der Waals surface area contributed by atoms with Gasteiger partial charge in [0.05, 0.1) is 17.1 Å². The Hall–Kier alpha value is -2.39. The molecule has 0 fully saturated rings. The Morgan fingerprint density at radius 2 is 1.71 bits per heavy atom. The fourth-order valence-electron chi connectivity index (χ4n) is 3.30. The zero-order chi connectivity index (χ0) is 14.0. The van der Waals surface area contributed by atoms with Crippen molar-refractivity contribution in [1.82, 2.24) is 4.40 Å². The first-order valence-electron chi connectivity index (χ1n) is 7.03. The van der Waals surface area contributed by atoms with Gasteiger partial charge in [0.15, 0.2) is 0 Å². The first-order chi connectivity index (χ1) is 10.3. The Morgan fingerprint density at radius 1 is 0.952 bits per heavy atom. The van der Waals surface area contributed by atoms with E-state index < -0.39 is 0 Å². The summed E-state index contributed by atoms with van der Waals surface area (Å²) in [6.07, 6.45) is 4.29. The zero-order valence-corrected chi connectivity index (χ0v) is 12.4. The summed E-state index contributed by atoms with van der Waals surface area (Å²) in [6, 6.07) is 17.4.